The number of carbonyl (C=O) groups excluding carboxylic acids is 1. The third-order valence-corrected chi connectivity index (χ3v) is 3.31. The summed E-state index contributed by atoms with van der Waals surface area (Å²) in [6.07, 6.45) is 4.43. The van der Waals surface area contributed by atoms with Gasteiger partial charge in [0.1, 0.15) is 0 Å². The van der Waals surface area contributed by atoms with Gasteiger partial charge in [0, 0.05) is 32.1 Å². The second-order valence-electron chi connectivity index (χ2n) is 5.13. The van der Waals surface area contributed by atoms with Crippen molar-refractivity contribution in [3.05, 3.63) is 39.9 Å². The molecule has 0 spiro atoms. The molecular weight excluding hydrogens is 270 g/mol. The highest BCUT2D eigenvalue weighted by atomic mass is 16.6. The van der Waals surface area contributed by atoms with Crippen LogP contribution in [0.3, 0.4) is 0 Å². The third-order valence-electron chi connectivity index (χ3n) is 3.31. The summed E-state index contributed by atoms with van der Waals surface area (Å²) in [4.78, 5) is 23.9. The van der Waals surface area contributed by atoms with Crippen LogP contribution in [0.1, 0.15) is 37.7 Å². The molecule has 21 heavy (non-hydrogen) atoms. The number of nitro benzene ring substituents is 1. The lowest BCUT2D eigenvalue weighted by molar-refractivity contribution is -0.384. The van der Waals surface area contributed by atoms with Crippen molar-refractivity contribution in [1.82, 2.24) is 4.90 Å². The summed E-state index contributed by atoms with van der Waals surface area (Å²) in [6, 6.07) is 6.38. The molecule has 0 aliphatic heterocycles. The van der Waals surface area contributed by atoms with Gasteiger partial charge in [-0.15, -0.1) is 0 Å². The Hall–Kier alpha value is -1.95. The number of unbranched alkanes of at least 4 members (excludes halogenated alkanes) is 3. The molecule has 1 amide bonds. The topological polar surface area (TPSA) is 89.5 Å². The molecule has 1 aromatic rings. The van der Waals surface area contributed by atoms with Crippen molar-refractivity contribution in [2.24, 2.45) is 5.73 Å². The minimum atomic E-state index is -0.428. The molecule has 6 heteroatoms. The SMILES string of the molecule is CN(Cc1cccc([N+](=O)[O-])c1)C(=O)CCCCCCN. The van der Waals surface area contributed by atoms with E-state index >= 15 is 0 Å². The van der Waals surface area contributed by atoms with E-state index in [1.807, 2.05) is 0 Å². The largest absolute Gasteiger partial charge is 0.341 e. The number of hydrogen-bond donors (Lipinski definition) is 1. The number of nitro groups is 1. The zero-order valence-corrected chi connectivity index (χ0v) is 12.5. The quantitative estimate of drug-likeness (QED) is 0.430. The first kappa shape index (κ1) is 17.1. The van der Waals surface area contributed by atoms with Crippen LogP contribution in [0.15, 0.2) is 24.3 Å². The zero-order valence-electron chi connectivity index (χ0n) is 12.5. The second kappa shape index (κ2) is 9.07. The number of benzene rings is 1. The van der Waals surface area contributed by atoms with Gasteiger partial charge in [-0.3, -0.25) is 14.9 Å². The number of nitrogens with zero attached hydrogens (tertiary/aromatic N) is 2. The van der Waals surface area contributed by atoms with Gasteiger partial charge in [0.25, 0.3) is 5.69 Å². The Morgan fingerprint density at radius 1 is 1.29 bits per heavy atom. The normalized spacial score (nSPS) is 10.4. The fraction of sp³-hybridized carbons (Fsp3) is 0.533. The van der Waals surface area contributed by atoms with Crippen molar-refractivity contribution in [2.45, 2.75) is 38.6 Å². The molecule has 0 fully saturated rings. The van der Waals surface area contributed by atoms with Crippen molar-refractivity contribution < 1.29 is 9.72 Å². The van der Waals surface area contributed by atoms with Crippen LogP contribution in [0, 0.1) is 10.1 Å². The Labute approximate surface area is 125 Å². The van der Waals surface area contributed by atoms with Gasteiger partial charge in [0.15, 0.2) is 0 Å². The average molecular weight is 293 g/mol. The van der Waals surface area contributed by atoms with Crippen LogP contribution >= 0.6 is 0 Å². The van der Waals surface area contributed by atoms with Gasteiger partial charge in [-0.25, -0.2) is 0 Å². The standard InChI is InChI=1S/C15H23N3O3/c1-17(15(19)9-4-2-3-5-10-16)12-13-7-6-8-14(11-13)18(20)21/h6-8,11H,2-5,9-10,12,16H2,1H3. The monoisotopic (exact) mass is 293 g/mol. The molecule has 0 atom stereocenters. The van der Waals surface area contributed by atoms with Crippen molar-refractivity contribution in [1.29, 1.82) is 0 Å². The Morgan fingerprint density at radius 2 is 2.00 bits per heavy atom. The maximum absolute atomic E-state index is 12.0. The number of nitrogens with two attached hydrogens (primary N) is 1. The molecule has 0 radical (unpaired) electrons. The minimum Gasteiger partial charge on any atom is -0.341 e. The summed E-state index contributed by atoms with van der Waals surface area (Å²) >= 11 is 0. The Kier molecular flexibility index (Phi) is 7.39. The average Bonchev–Trinajstić information content (AvgIpc) is 2.47. The van der Waals surface area contributed by atoms with E-state index in [0.29, 0.717) is 19.5 Å². The summed E-state index contributed by atoms with van der Waals surface area (Å²) in [6.45, 7) is 1.09. The molecule has 0 bridgehead atoms. The van der Waals surface area contributed by atoms with Crippen LogP contribution in [-0.2, 0) is 11.3 Å². The summed E-state index contributed by atoms with van der Waals surface area (Å²) in [5.41, 5.74) is 6.23. The molecule has 1 rings (SSSR count). The predicted octanol–water partition coefficient (Wildman–Crippen LogP) is 2.46. The van der Waals surface area contributed by atoms with E-state index in [1.54, 1.807) is 24.1 Å². The molecule has 0 aromatic heterocycles. The van der Waals surface area contributed by atoms with Crippen LogP contribution in [0.2, 0.25) is 0 Å². The van der Waals surface area contributed by atoms with Gasteiger partial charge in [0.2, 0.25) is 5.91 Å². The molecule has 0 aliphatic rings. The zero-order chi connectivity index (χ0) is 15.7. The van der Waals surface area contributed by atoms with E-state index in [4.69, 9.17) is 5.73 Å². The third kappa shape index (κ3) is 6.35. The predicted molar refractivity (Wildman–Crippen MR) is 81.7 cm³/mol. The molecule has 116 valence electrons. The van der Waals surface area contributed by atoms with Crippen molar-refractivity contribution >= 4 is 11.6 Å². The number of amides is 1. The summed E-state index contributed by atoms with van der Waals surface area (Å²) in [5.74, 6) is 0.0641. The van der Waals surface area contributed by atoms with Gasteiger partial charge in [-0.2, -0.15) is 0 Å². The molecule has 1 aromatic carbocycles. The first-order chi connectivity index (χ1) is 10.0. The van der Waals surface area contributed by atoms with E-state index < -0.39 is 4.92 Å². The molecule has 0 unspecified atom stereocenters. The second-order valence-corrected chi connectivity index (χ2v) is 5.13. The molecular formula is C15H23N3O3. The molecule has 0 heterocycles. The number of hydrogen-bond acceptors (Lipinski definition) is 4. The highest BCUT2D eigenvalue weighted by Gasteiger charge is 2.11. The van der Waals surface area contributed by atoms with Gasteiger partial charge in [-0.1, -0.05) is 25.0 Å². The van der Waals surface area contributed by atoms with Gasteiger partial charge >= 0.3 is 0 Å². The lowest BCUT2D eigenvalue weighted by Crippen LogP contribution is -2.25. The van der Waals surface area contributed by atoms with Crippen LogP contribution in [0.4, 0.5) is 5.69 Å². The Morgan fingerprint density at radius 3 is 2.67 bits per heavy atom. The van der Waals surface area contributed by atoms with E-state index in [2.05, 4.69) is 0 Å². The van der Waals surface area contributed by atoms with Gasteiger partial charge in [-0.05, 0) is 24.9 Å². The highest BCUT2D eigenvalue weighted by Crippen LogP contribution is 2.15. The van der Waals surface area contributed by atoms with Gasteiger partial charge < -0.3 is 10.6 Å². The molecule has 0 saturated heterocycles. The fourth-order valence-electron chi connectivity index (χ4n) is 2.10. The maximum atomic E-state index is 12.0. The summed E-state index contributed by atoms with van der Waals surface area (Å²) in [5, 5.41) is 10.7. The maximum Gasteiger partial charge on any atom is 0.269 e. The lowest BCUT2D eigenvalue weighted by Gasteiger charge is -2.17. The Balaban J connectivity index is 2.41. The van der Waals surface area contributed by atoms with E-state index in [0.717, 1.165) is 31.2 Å². The van der Waals surface area contributed by atoms with E-state index in [9.17, 15) is 14.9 Å². The van der Waals surface area contributed by atoms with Crippen LogP contribution in [0.5, 0.6) is 0 Å². The van der Waals surface area contributed by atoms with Crippen LogP contribution < -0.4 is 5.73 Å². The van der Waals surface area contributed by atoms with Crippen molar-refractivity contribution in [2.75, 3.05) is 13.6 Å². The summed E-state index contributed by atoms with van der Waals surface area (Å²) < 4.78 is 0. The molecule has 0 saturated carbocycles. The van der Waals surface area contributed by atoms with Crippen molar-refractivity contribution in [3.8, 4) is 0 Å². The molecule has 0 aliphatic carbocycles. The molecule has 6 nitrogen and oxygen atoms in total. The number of non-ortho nitro benzene ring substituents is 1. The lowest BCUT2D eigenvalue weighted by atomic mass is 10.1. The van der Waals surface area contributed by atoms with Gasteiger partial charge in [0.05, 0.1) is 4.92 Å². The van der Waals surface area contributed by atoms with E-state index in [-0.39, 0.29) is 11.6 Å². The smallest absolute Gasteiger partial charge is 0.269 e. The number of carbonyl (C=O) groups is 1. The molecule has 2 N–H and O–H groups in total. The first-order valence-electron chi connectivity index (χ1n) is 7.22. The Bertz CT molecular complexity index is 477. The van der Waals surface area contributed by atoms with Crippen LogP contribution in [-0.4, -0.2) is 29.3 Å². The first-order valence-corrected chi connectivity index (χ1v) is 7.22. The van der Waals surface area contributed by atoms with E-state index in [1.165, 1.54) is 12.1 Å². The highest BCUT2D eigenvalue weighted by molar-refractivity contribution is 5.75. The van der Waals surface area contributed by atoms with Crippen LogP contribution in [0.25, 0.3) is 0 Å². The van der Waals surface area contributed by atoms with Crippen molar-refractivity contribution in [3.63, 3.8) is 0 Å². The minimum absolute atomic E-state index is 0.0510. The summed E-state index contributed by atoms with van der Waals surface area (Å²) in [7, 11) is 1.72. The number of rotatable bonds is 9. The fourth-order valence-corrected chi connectivity index (χ4v) is 2.10.